The van der Waals surface area contributed by atoms with Gasteiger partial charge in [-0.15, -0.1) is 0 Å². The first-order chi connectivity index (χ1) is 7.70. The maximum absolute atomic E-state index is 13.4. The van der Waals surface area contributed by atoms with Crippen LogP contribution in [-0.4, -0.2) is 13.0 Å². The molecule has 1 aromatic heterocycles. The van der Waals surface area contributed by atoms with Crippen LogP contribution < -0.4 is 4.90 Å². The van der Waals surface area contributed by atoms with Crippen LogP contribution in [0.4, 0.5) is 10.1 Å². The molecule has 1 heterocycles. The lowest BCUT2D eigenvalue weighted by atomic mass is 10.2. The molecule has 4 heteroatoms. The van der Waals surface area contributed by atoms with Gasteiger partial charge in [0.15, 0.2) is 5.76 Å². The molecular formula is C12H10FNO2. The van der Waals surface area contributed by atoms with Crippen molar-refractivity contribution in [1.82, 2.24) is 0 Å². The normalized spacial score (nSPS) is 10.1. The zero-order valence-electron chi connectivity index (χ0n) is 8.68. The number of nitrogens with zero attached hydrogens (tertiary/aromatic N) is 1. The van der Waals surface area contributed by atoms with Crippen molar-refractivity contribution in [3.8, 4) is 0 Å². The van der Waals surface area contributed by atoms with Gasteiger partial charge in [0.25, 0.3) is 5.91 Å². The minimum absolute atomic E-state index is 0.186. The molecule has 2 aromatic rings. The van der Waals surface area contributed by atoms with E-state index in [0.717, 1.165) is 0 Å². The van der Waals surface area contributed by atoms with Crippen molar-refractivity contribution in [2.75, 3.05) is 11.9 Å². The second-order valence-electron chi connectivity index (χ2n) is 3.29. The molecule has 2 rings (SSSR count). The highest BCUT2D eigenvalue weighted by molar-refractivity contribution is 6.03. The number of hydrogen-bond acceptors (Lipinski definition) is 2. The average molecular weight is 219 g/mol. The molecule has 0 aliphatic heterocycles. The Bertz CT molecular complexity index is 493. The highest BCUT2D eigenvalue weighted by Crippen LogP contribution is 2.19. The number of benzene rings is 1. The Kier molecular flexibility index (Phi) is 2.72. The van der Waals surface area contributed by atoms with Crippen LogP contribution in [0.5, 0.6) is 0 Å². The Morgan fingerprint density at radius 1 is 1.25 bits per heavy atom. The van der Waals surface area contributed by atoms with Crippen LogP contribution in [0.1, 0.15) is 10.6 Å². The Balaban J connectivity index is 2.30. The van der Waals surface area contributed by atoms with Crippen molar-refractivity contribution in [2.24, 2.45) is 0 Å². The third-order valence-corrected chi connectivity index (χ3v) is 2.25. The molecule has 0 aliphatic rings. The van der Waals surface area contributed by atoms with E-state index in [1.165, 1.54) is 30.3 Å². The van der Waals surface area contributed by atoms with E-state index in [2.05, 4.69) is 0 Å². The fourth-order valence-electron chi connectivity index (χ4n) is 1.40. The Labute approximate surface area is 92.1 Å². The maximum Gasteiger partial charge on any atom is 0.293 e. The Hall–Kier alpha value is -2.10. The summed E-state index contributed by atoms with van der Waals surface area (Å²) in [4.78, 5) is 13.0. The van der Waals surface area contributed by atoms with Crippen molar-refractivity contribution >= 4 is 11.6 Å². The molecule has 1 amide bonds. The summed E-state index contributed by atoms with van der Waals surface area (Å²) in [6.07, 6.45) is 1.41. The second-order valence-corrected chi connectivity index (χ2v) is 3.29. The average Bonchev–Trinajstić information content (AvgIpc) is 2.81. The molecule has 82 valence electrons. The van der Waals surface area contributed by atoms with Crippen LogP contribution in [0.25, 0.3) is 0 Å². The molecule has 0 saturated carbocycles. The SMILES string of the molecule is CN(C(=O)c1ccco1)c1ccccc1F. The lowest BCUT2D eigenvalue weighted by molar-refractivity contribution is 0.0965. The molecule has 0 fully saturated rings. The first-order valence-corrected chi connectivity index (χ1v) is 4.76. The highest BCUT2D eigenvalue weighted by atomic mass is 19.1. The second kappa shape index (κ2) is 4.18. The van der Waals surface area contributed by atoms with Gasteiger partial charge >= 0.3 is 0 Å². The van der Waals surface area contributed by atoms with Crippen LogP contribution in [0.15, 0.2) is 47.1 Å². The van der Waals surface area contributed by atoms with Crippen molar-refractivity contribution < 1.29 is 13.6 Å². The van der Waals surface area contributed by atoms with E-state index in [1.54, 1.807) is 24.3 Å². The summed E-state index contributed by atoms with van der Waals surface area (Å²) in [5, 5.41) is 0. The van der Waals surface area contributed by atoms with E-state index in [1.807, 2.05) is 0 Å². The zero-order valence-corrected chi connectivity index (χ0v) is 8.68. The van der Waals surface area contributed by atoms with Crippen LogP contribution in [0, 0.1) is 5.82 Å². The number of carbonyl (C=O) groups excluding carboxylic acids is 1. The quantitative estimate of drug-likeness (QED) is 0.778. The minimum Gasteiger partial charge on any atom is -0.459 e. The first kappa shape index (κ1) is 10.4. The smallest absolute Gasteiger partial charge is 0.293 e. The summed E-state index contributed by atoms with van der Waals surface area (Å²) < 4.78 is 18.4. The van der Waals surface area contributed by atoms with E-state index in [4.69, 9.17) is 4.42 Å². The molecule has 0 aliphatic carbocycles. The minimum atomic E-state index is -0.440. The zero-order chi connectivity index (χ0) is 11.5. The van der Waals surface area contributed by atoms with Crippen molar-refractivity contribution in [3.05, 3.63) is 54.2 Å². The lowest BCUT2D eigenvalue weighted by Gasteiger charge is -2.16. The van der Waals surface area contributed by atoms with E-state index >= 15 is 0 Å². The number of rotatable bonds is 2. The lowest BCUT2D eigenvalue weighted by Crippen LogP contribution is -2.26. The number of hydrogen-bond donors (Lipinski definition) is 0. The van der Waals surface area contributed by atoms with Crippen molar-refractivity contribution in [1.29, 1.82) is 0 Å². The molecule has 3 nitrogen and oxygen atoms in total. The van der Waals surface area contributed by atoms with Crippen molar-refractivity contribution in [2.45, 2.75) is 0 Å². The summed E-state index contributed by atoms with van der Waals surface area (Å²) in [6, 6.07) is 9.24. The Morgan fingerprint density at radius 2 is 2.00 bits per heavy atom. The maximum atomic E-state index is 13.4. The van der Waals surface area contributed by atoms with Crippen LogP contribution >= 0.6 is 0 Å². The first-order valence-electron chi connectivity index (χ1n) is 4.76. The molecule has 0 unspecified atom stereocenters. The number of amides is 1. The molecular weight excluding hydrogens is 209 g/mol. The topological polar surface area (TPSA) is 33.5 Å². The summed E-state index contributed by atoms with van der Waals surface area (Å²) in [5.41, 5.74) is 0.226. The van der Waals surface area contributed by atoms with E-state index < -0.39 is 5.82 Å². The van der Waals surface area contributed by atoms with Crippen molar-refractivity contribution in [3.63, 3.8) is 0 Å². The third kappa shape index (κ3) is 1.82. The molecule has 16 heavy (non-hydrogen) atoms. The predicted molar refractivity (Wildman–Crippen MR) is 57.8 cm³/mol. The number of furan rings is 1. The van der Waals surface area contributed by atoms with Gasteiger partial charge in [0.2, 0.25) is 0 Å². The highest BCUT2D eigenvalue weighted by Gasteiger charge is 2.18. The van der Waals surface area contributed by atoms with Gasteiger partial charge in [0, 0.05) is 7.05 Å². The molecule has 0 spiro atoms. The van der Waals surface area contributed by atoms with Gasteiger partial charge in [-0.05, 0) is 24.3 Å². The third-order valence-electron chi connectivity index (χ3n) is 2.25. The summed E-state index contributed by atoms with van der Waals surface area (Å²) in [5.74, 6) is -0.634. The van der Waals surface area contributed by atoms with Gasteiger partial charge < -0.3 is 9.32 Å². The molecule has 1 aromatic carbocycles. The molecule has 0 saturated heterocycles. The number of anilines is 1. The molecule has 0 bridgehead atoms. The monoisotopic (exact) mass is 219 g/mol. The standard InChI is InChI=1S/C12H10FNO2/c1-14(10-6-3-2-5-9(10)13)12(15)11-7-4-8-16-11/h2-8H,1H3. The van der Waals surface area contributed by atoms with Crippen LogP contribution in [0.2, 0.25) is 0 Å². The molecule has 0 atom stereocenters. The molecule has 0 radical (unpaired) electrons. The van der Waals surface area contributed by atoms with E-state index in [-0.39, 0.29) is 17.4 Å². The van der Waals surface area contributed by atoms with Gasteiger partial charge in [-0.25, -0.2) is 4.39 Å². The van der Waals surface area contributed by atoms with Crippen LogP contribution in [0.3, 0.4) is 0 Å². The van der Waals surface area contributed by atoms with Gasteiger partial charge in [-0.3, -0.25) is 4.79 Å². The van der Waals surface area contributed by atoms with Gasteiger partial charge in [0.1, 0.15) is 5.82 Å². The van der Waals surface area contributed by atoms with Crippen LogP contribution in [-0.2, 0) is 0 Å². The van der Waals surface area contributed by atoms with Gasteiger partial charge in [0.05, 0.1) is 12.0 Å². The number of carbonyl (C=O) groups is 1. The Morgan fingerprint density at radius 3 is 2.62 bits per heavy atom. The number of halogens is 1. The summed E-state index contributed by atoms with van der Waals surface area (Å²) in [6.45, 7) is 0. The largest absolute Gasteiger partial charge is 0.459 e. The summed E-state index contributed by atoms with van der Waals surface area (Å²) in [7, 11) is 1.50. The fourth-order valence-corrected chi connectivity index (χ4v) is 1.40. The van der Waals surface area contributed by atoms with Gasteiger partial charge in [-0.2, -0.15) is 0 Å². The van der Waals surface area contributed by atoms with Gasteiger partial charge in [-0.1, -0.05) is 12.1 Å². The summed E-state index contributed by atoms with van der Waals surface area (Å²) >= 11 is 0. The number of para-hydroxylation sites is 1. The van der Waals surface area contributed by atoms with E-state index in [9.17, 15) is 9.18 Å². The van der Waals surface area contributed by atoms with E-state index in [0.29, 0.717) is 0 Å². The predicted octanol–water partition coefficient (Wildman–Crippen LogP) is 2.70. The fraction of sp³-hybridized carbons (Fsp3) is 0.0833. The molecule has 0 N–H and O–H groups in total.